The number of para-hydroxylation sites is 1. The van der Waals surface area contributed by atoms with Crippen LogP contribution in [-0.2, 0) is 17.5 Å². The predicted molar refractivity (Wildman–Crippen MR) is 112 cm³/mol. The molecule has 1 aromatic carbocycles. The first-order valence-electron chi connectivity index (χ1n) is 9.79. The fourth-order valence-corrected chi connectivity index (χ4v) is 4.63. The summed E-state index contributed by atoms with van der Waals surface area (Å²) in [6.45, 7) is 3.43. The highest BCUT2D eigenvalue weighted by Gasteiger charge is 2.33. The van der Waals surface area contributed by atoms with E-state index in [0.717, 1.165) is 36.6 Å². The number of carbonyl (C=O) groups is 1. The molecule has 31 heavy (non-hydrogen) atoms. The van der Waals surface area contributed by atoms with Gasteiger partial charge in [-0.15, -0.1) is 0 Å². The lowest BCUT2D eigenvalue weighted by Gasteiger charge is -2.30. The van der Waals surface area contributed by atoms with Crippen LogP contribution in [0, 0.1) is 5.92 Å². The Kier molecular flexibility index (Phi) is 5.69. The van der Waals surface area contributed by atoms with Crippen molar-refractivity contribution < 1.29 is 18.0 Å². The lowest BCUT2D eigenvalue weighted by Crippen LogP contribution is -2.34. The van der Waals surface area contributed by atoms with Gasteiger partial charge >= 0.3 is 6.18 Å². The maximum atomic E-state index is 13.1. The van der Waals surface area contributed by atoms with Crippen LogP contribution in [0.25, 0.3) is 10.3 Å². The van der Waals surface area contributed by atoms with Crippen molar-refractivity contribution in [2.75, 3.05) is 23.3 Å². The second kappa shape index (κ2) is 8.29. The van der Waals surface area contributed by atoms with Crippen LogP contribution in [-0.4, -0.2) is 33.5 Å². The standard InChI is InChI=1S/C20H20F3N5O2S/c1-12-5-4-8-27(9-12)19-26-17-16(31-19)18(30)28(11-24-17)10-15(29)25-14-7-3-2-6-13(14)20(21,22)23/h2-3,6-7,11-12H,4-5,8-10H2,1H3,(H,25,29). The number of halogens is 3. The van der Waals surface area contributed by atoms with Gasteiger partial charge in [0.1, 0.15) is 17.6 Å². The molecule has 4 rings (SSSR count). The summed E-state index contributed by atoms with van der Waals surface area (Å²) in [5, 5.41) is 2.95. The lowest BCUT2D eigenvalue weighted by atomic mass is 10.0. The van der Waals surface area contributed by atoms with E-state index in [4.69, 9.17) is 0 Å². The number of nitrogens with one attached hydrogen (secondary N) is 1. The maximum Gasteiger partial charge on any atom is 0.418 e. The van der Waals surface area contributed by atoms with Gasteiger partial charge in [0, 0.05) is 13.1 Å². The second-order valence-electron chi connectivity index (χ2n) is 7.61. The Morgan fingerprint density at radius 3 is 2.84 bits per heavy atom. The molecule has 0 saturated carbocycles. The monoisotopic (exact) mass is 451 g/mol. The van der Waals surface area contributed by atoms with E-state index in [-0.39, 0.29) is 5.69 Å². The zero-order chi connectivity index (χ0) is 22.2. The van der Waals surface area contributed by atoms with Gasteiger partial charge in [-0.2, -0.15) is 18.2 Å². The Morgan fingerprint density at radius 2 is 2.10 bits per heavy atom. The molecule has 0 radical (unpaired) electrons. The van der Waals surface area contributed by atoms with Gasteiger partial charge in [0.15, 0.2) is 10.8 Å². The smallest absolute Gasteiger partial charge is 0.348 e. The number of piperidine rings is 1. The normalized spacial score (nSPS) is 17.2. The highest BCUT2D eigenvalue weighted by atomic mass is 32.1. The van der Waals surface area contributed by atoms with Gasteiger partial charge in [0.2, 0.25) is 5.91 Å². The van der Waals surface area contributed by atoms with Crippen molar-refractivity contribution in [3.63, 3.8) is 0 Å². The van der Waals surface area contributed by atoms with Crippen LogP contribution in [0.5, 0.6) is 0 Å². The lowest BCUT2D eigenvalue weighted by molar-refractivity contribution is -0.137. The largest absolute Gasteiger partial charge is 0.418 e. The first-order chi connectivity index (χ1) is 14.7. The predicted octanol–water partition coefficient (Wildman–Crippen LogP) is 3.75. The SMILES string of the molecule is CC1CCCN(c2nc3ncn(CC(=O)Nc4ccccc4C(F)(F)F)c(=O)c3s2)C1. The molecule has 0 aliphatic carbocycles. The maximum absolute atomic E-state index is 13.1. The molecule has 0 spiro atoms. The molecule has 0 bridgehead atoms. The van der Waals surface area contributed by atoms with Crippen LogP contribution in [0.15, 0.2) is 35.4 Å². The van der Waals surface area contributed by atoms with Crippen LogP contribution in [0.4, 0.5) is 24.0 Å². The summed E-state index contributed by atoms with van der Waals surface area (Å²) in [4.78, 5) is 35.9. The van der Waals surface area contributed by atoms with Crippen molar-refractivity contribution in [2.24, 2.45) is 5.92 Å². The van der Waals surface area contributed by atoms with E-state index >= 15 is 0 Å². The molecule has 164 valence electrons. The number of amides is 1. The van der Waals surface area contributed by atoms with E-state index in [1.54, 1.807) is 0 Å². The fraction of sp³-hybridized carbons (Fsp3) is 0.400. The molecular weight excluding hydrogens is 431 g/mol. The number of thiazole rings is 1. The number of hydrogen-bond donors (Lipinski definition) is 1. The molecule has 3 aromatic rings. The fourth-order valence-electron chi connectivity index (χ4n) is 3.63. The van der Waals surface area contributed by atoms with Gasteiger partial charge < -0.3 is 10.2 Å². The van der Waals surface area contributed by atoms with E-state index in [0.29, 0.717) is 21.4 Å². The molecule has 7 nitrogen and oxygen atoms in total. The van der Waals surface area contributed by atoms with Crippen LogP contribution in [0.3, 0.4) is 0 Å². The van der Waals surface area contributed by atoms with Crippen molar-refractivity contribution in [3.8, 4) is 0 Å². The molecule has 2 aromatic heterocycles. The number of aromatic nitrogens is 3. The molecule has 3 heterocycles. The Labute approximate surface area is 179 Å². The number of fused-ring (bicyclic) bond motifs is 1. The number of nitrogens with zero attached hydrogens (tertiary/aromatic N) is 4. The Morgan fingerprint density at radius 1 is 1.32 bits per heavy atom. The number of rotatable bonds is 4. The molecule has 1 atom stereocenters. The molecule has 11 heteroatoms. The van der Waals surface area contributed by atoms with E-state index < -0.39 is 29.8 Å². The van der Waals surface area contributed by atoms with Gasteiger partial charge in [0.05, 0.1) is 11.3 Å². The number of carbonyl (C=O) groups excluding carboxylic acids is 1. The minimum absolute atomic E-state index is 0.308. The van der Waals surface area contributed by atoms with Crippen LogP contribution in [0.2, 0.25) is 0 Å². The third kappa shape index (κ3) is 4.55. The van der Waals surface area contributed by atoms with Crippen LogP contribution < -0.4 is 15.8 Å². The van der Waals surface area contributed by atoms with E-state index in [2.05, 4.69) is 27.1 Å². The van der Waals surface area contributed by atoms with E-state index in [1.165, 1.54) is 35.9 Å². The zero-order valence-electron chi connectivity index (χ0n) is 16.6. The van der Waals surface area contributed by atoms with Crippen molar-refractivity contribution in [1.29, 1.82) is 0 Å². The van der Waals surface area contributed by atoms with Gasteiger partial charge in [-0.25, -0.2) is 4.98 Å². The van der Waals surface area contributed by atoms with Gasteiger partial charge in [-0.05, 0) is 30.9 Å². The molecule has 1 aliphatic rings. The van der Waals surface area contributed by atoms with Crippen molar-refractivity contribution >= 4 is 38.4 Å². The first kappa shape index (κ1) is 21.3. The number of benzene rings is 1. The molecule has 1 N–H and O–H groups in total. The Balaban J connectivity index is 1.55. The number of anilines is 2. The number of hydrogen-bond acceptors (Lipinski definition) is 6. The van der Waals surface area contributed by atoms with Crippen molar-refractivity contribution in [2.45, 2.75) is 32.5 Å². The molecule has 1 amide bonds. The summed E-state index contributed by atoms with van der Waals surface area (Å²) in [5.74, 6) is -0.219. The highest BCUT2D eigenvalue weighted by Crippen LogP contribution is 2.34. The number of alkyl halides is 3. The van der Waals surface area contributed by atoms with Crippen LogP contribution >= 0.6 is 11.3 Å². The summed E-state index contributed by atoms with van der Waals surface area (Å²) in [7, 11) is 0. The topological polar surface area (TPSA) is 80.1 Å². The van der Waals surface area contributed by atoms with E-state index in [9.17, 15) is 22.8 Å². The summed E-state index contributed by atoms with van der Waals surface area (Å²) >= 11 is 1.22. The highest BCUT2D eigenvalue weighted by molar-refractivity contribution is 7.22. The molecule has 1 saturated heterocycles. The molecule has 1 aliphatic heterocycles. The van der Waals surface area contributed by atoms with Gasteiger partial charge in [-0.1, -0.05) is 30.4 Å². The van der Waals surface area contributed by atoms with Crippen LogP contribution in [0.1, 0.15) is 25.3 Å². The van der Waals surface area contributed by atoms with E-state index in [1.807, 2.05) is 0 Å². The minimum Gasteiger partial charge on any atom is -0.348 e. The van der Waals surface area contributed by atoms with Crippen molar-refractivity contribution in [1.82, 2.24) is 14.5 Å². The summed E-state index contributed by atoms with van der Waals surface area (Å²) in [5.41, 5.74) is -1.45. The average molecular weight is 451 g/mol. The average Bonchev–Trinajstić information content (AvgIpc) is 3.15. The molecule has 1 fully saturated rings. The third-order valence-corrected chi connectivity index (χ3v) is 6.21. The minimum atomic E-state index is -4.60. The molecular formula is C20H20F3N5O2S. The van der Waals surface area contributed by atoms with Gasteiger partial charge in [0.25, 0.3) is 5.56 Å². The molecule has 1 unspecified atom stereocenters. The summed E-state index contributed by atoms with van der Waals surface area (Å²) < 4.78 is 40.8. The third-order valence-electron chi connectivity index (χ3n) is 5.12. The Hall–Kier alpha value is -2.95. The summed E-state index contributed by atoms with van der Waals surface area (Å²) in [6, 6.07) is 4.69. The zero-order valence-corrected chi connectivity index (χ0v) is 17.5. The van der Waals surface area contributed by atoms with Gasteiger partial charge in [-0.3, -0.25) is 14.2 Å². The Bertz CT molecular complexity index is 1170. The quantitative estimate of drug-likeness (QED) is 0.654. The second-order valence-corrected chi connectivity index (χ2v) is 8.59. The summed E-state index contributed by atoms with van der Waals surface area (Å²) in [6.07, 6.45) is -1.21. The van der Waals surface area contributed by atoms with Crippen molar-refractivity contribution in [3.05, 3.63) is 46.5 Å². The first-order valence-corrected chi connectivity index (χ1v) is 10.6.